The van der Waals surface area contributed by atoms with Crippen molar-refractivity contribution in [2.45, 2.75) is 31.2 Å². The van der Waals surface area contributed by atoms with Gasteiger partial charge in [-0.3, -0.25) is 9.59 Å². The average Bonchev–Trinajstić information content (AvgIpc) is 3.60. The number of aromatic nitrogens is 5. The highest BCUT2D eigenvalue weighted by molar-refractivity contribution is 6.31. The summed E-state index contributed by atoms with van der Waals surface area (Å²) in [4.78, 5) is 46.9. The second-order valence-corrected chi connectivity index (χ2v) is 11.7. The van der Waals surface area contributed by atoms with Gasteiger partial charge in [-0.25, -0.2) is 14.2 Å². The molecule has 12 nitrogen and oxygen atoms in total. The molecule has 236 valence electrons. The van der Waals surface area contributed by atoms with Gasteiger partial charge in [0.2, 0.25) is 5.91 Å². The van der Waals surface area contributed by atoms with E-state index in [-0.39, 0.29) is 34.2 Å². The van der Waals surface area contributed by atoms with Crippen LogP contribution in [0.25, 0.3) is 11.8 Å². The van der Waals surface area contributed by atoms with Gasteiger partial charge < -0.3 is 20.2 Å². The zero-order valence-electron chi connectivity index (χ0n) is 24.8. The first-order valence-corrected chi connectivity index (χ1v) is 15.1. The van der Waals surface area contributed by atoms with Crippen molar-refractivity contribution in [1.82, 2.24) is 35.0 Å². The Morgan fingerprint density at radius 1 is 1.07 bits per heavy atom. The molecule has 2 aromatic carbocycles. The molecule has 2 aliphatic heterocycles. The van der Waals surface area contributed by atoms with E-state index in [1.807, 2.05) is 12.1 Å². The Kier molecular flexibility index (Phi) is 8.86. The molecule has 4 heterocycles. The van der Waals surface area contributed by atoms with Crippen LogP contribution in [0.5, 0.6) is 0 Å². The van der Waals surface area contributed by atoms with Crippen molar-refractivity contribution in [3.63, 3.8) is 0 Å². The number of likely N-dealkylation sites (tertiary alicyclic amines) is 1. The van der Waals surface area contributed by atoms with Crippen molar-refractivity contribution in [2.24, 2.45) is 0 Å². The molecule has 1 atom stereocenters. The number of hydrogen-bond donors (Lipinski definition) is 2. The van der Waals surface area contributed by atoms with Gasteiger partial charge in [0.25, 0.3) is 5.91 Å². The number of hydrogen-bond acceptors (Lipinski definition) is 8. The quantitative estimate of drug-likeness (QED) is 0.284. The normalized spacial score (nSPS) is 17.2. The van der Waals surface area contributed by atoms with Gasteiger partial charge in [0.1, 0.15) is 18.2 Å². The molecule has 2 N–H and O–H groups in total. The molecule has 1 saturated heterocycles. The number of anilines is 1. The highest BCUT2D eigenvalue weighted by Crippen LogP contribution is 2.38. The number of nitrogens with zero attached hydrogens (tertiary/aromatic N) is 7. The number of carboxylic acid groups (broad SMARTS) is 1. The maximum atomic E-state index is 15.2. The van der Waals surface area contributed by atoms with Gasteiger partial charge in [0.15, 0.2) is 5.82 Å². The first-order chi connectivity index (χ1) is 22.2. The van der Waals surface area contributed by atoms with Crippen LogP contribution in [0.1, 0.15) is 57.4 Å². The number of carbonyl (C=O) groups excluding carboxylic acids is 2. The van der Waals surface area contributed by atoms with Gasteiger partial charge in [-0.1, -0.05) is 29.8 Å². The van der Waals surface area contributed by atoms with Crippen molar-refractivity contribution >= 4 is 41.3 Å². The molecule has 14 heteroatoms. The Balaban J connectivity index is 1.35. The van der Waals surface area contributed by atoms with Crippen molar-refractivity contribution in [3.8, 4) is 5.69 Å². The molecule has 2 amide bonds. The molecule has 0 unspecified atom stereocenters. The second kappa shape index (κ2) is 13.2. The molecule has 6 rings (SSSR count). The van der Waals surface area contributed by atoms with Crippen LogP contribution in [0.4, 0.5) is 10.2 Å². The molecule has 2 aliphatic rings. The number of rotatable bonds is 7. The highest BCUT2D eigenvalue weighted by atomic mass is 35.5. The van der Waals surface area contributed by atoms with Gasteiger partial charge in [-0.15, -0.1) is 5.10 Å². The maximum absolute atomic E-state index is 15.2. The van der Waals surface area contributed by atoms with Crippen molar-refractivity contribution < 1.29 is 23.9 Å². The predicted octanol–water partition coefficient (Wildman–Crippen LogP) is 4.14. The van der Waals surface area contributed by atoms with E-state index in [2.05, 4.69) is 43.8 Å². The zero-order valence-corrected chi connectivity index (χ0v) is 25.6. The fourth-order valence-electron chi connectivity index (χ4n) is 6.15. The number of carbonyl (C=O) groups is 3. The highest BCUT2D eigenvalue weighted by Gasteiger charge is 2.37. The summed E-state index contributed by atoms with van der Waals surface area (Å²) in [6, 6.07) is 10.5. The third-order valence-electron chi connectivity index (χ3n) is 8.51. The molecule has 0 saturated carbocycles. The number of benzene rings is 2. The predicted molar refractivity (Wildman–Crippen MR) is 167 cm³/mol. The van der Waals surface area contributed by atoms with E-state index in [1.165, 1.54) is 57.9 Å². The molecule has 4 aromatic rings. The fourth-order valence-corrected chi connectivity index (χ4v) is 6.31. The Bertz CT molecular complexity index is 1810. The lowest BCUT2D eigenvalue weighted by molar-refractivity contribution is -0.135. The molecule has 0 spiro atoms. The SMILES string of the molecule is CN1CCC(c2cccc3c2CCN(C(=O)/C=C/c2c(-n4cnnn4)ccc(Cl)c2F)[C@H]3C(=O)Nc2ccc(C(=O)O)cn2)CC1. The number of pyridine rings is 1. The van der Waals surface area contributed by atoms with Crippen LogP contribution in [0.15, 0.2) is 61.1 Å². The van der Waals surface area contributed by atoms with E-state index >= 15 is 4.39 Å². The molecule has 46 heavy (non-hydrogen) atoms. The topological polar surface area (TPSA) is 146 Å². The minimum atomic E-state index is -1.14. The van der Waals surface area contributed by atoms with Crippen LogP contribution >= 0.6 is 11.6 Å². The lowest BCUT2D eigenvalue weighted by atomic mass is 9.80. The number of piperidine rings is 1. The third-order valence-corrected chi connectivity index (χ3v) is 8.80. The summed E-state index contributed by atoms with van der Waals surface area (Å²) in [7, 11) is 2.10. The summed E-state index contributed by atoms with van der Waals surface area (Å²) in [6.45, 7) is 2.18. The van der Waals surface area contributed by atoms with E-state index < -0.39 is 29.6 Å². The van der Waals surface area contributed by atoms with Gasteiger partial charge in [0.05, 0.1) is 16.3 Å². The summed E-state index contributed by atoms with van der Waals surface area (Å²) in [5.41, 5.74) is 3.17. The number of aromatic carboxylic acids is 1. The Morgan fingerprint density at radius 3 is 2.54 bits per heavy atom. The van der Waals surface area contributed by atoms with Crippen molar-refractivity contribution in [1.29, 1.82) is 0 Å². The molecule has 0 radical (unpaired) electrons. The van der Waals surface area contributed by atoms with E-state index in [0.29, 0.717) is 17.9 Å². The van der Waals surface area contributed by atoms with Gasteiger partial charge in [-0.2, -0.15) is 4.68 Å². The largest absolute Gasteiger partial charge is 0.478 e. The van der Waals surface area contributed by atoms with Gasteiger partial charge >= 0.3 is 5.97 Å². The molecule has 0 aliphatic carbocycles. The summed E-state index contributed by atoms with van der Waals surface area (Å²) in [5, 5.41) is 22.9. The van der Waals surface area contributed by atoms with Crippen LogP contribution < -0.4 is 5.32 Å². The number of nitrogens with one attached hydrogen (secondary N) is 1. The first kappa shape index (κ1) is 31.0. The van der Waals surface area contributed by atoms with E-state index in [0.717, 1.165) is 37.7 Å². The van der Waals surface area contributed by atoms with Gasteiger partial charge in [0, 0.05) is 24.4 Å². The lowest BCUT2D eigenvalue weighted by Crippen LogP contribution is -2.45. The molecule has 0 bridgehead atoms. The minimum absolute atomic E-state index is 0.00108. The summed E-state index contributed by atoms with van der Waals surface area (Å²) in [5.74, 6) is -2.46. The Hall–Kier alpha value is -5.01. The summed E-state index contributed by atoms with van der Waals surface area (Å²) >= 11 is 6.06. The van der Waals surface area contributed by atoms with Crippen LogP contribution in [0.2, 0.25) is 5.02 Å². The number of halogens is 2. The number of carboxylic acids is 1. The Labute approximate surface area is 268 Å². The zero-order chi connectivity index (χ0) is 32.4. The van der Waals surface area contributed by atoms with Crippen molar-refractivity contribution in [3.05, 3.63) is 99.7 Å². The van der Waals surface area contributed by atoms with Crippen LogP contribution in [0, 0.1) is 5.82 Å². The monoisotopic (exact) mass is 644 g/mol. The van der Waals surface area contributed by atoms with E-state index in [4.69, 9.17) is 11.6 Å². The number of tetrazole rings is 1. The molecular weight excluding hydrogens is 615 g/mol. The first-order valence-electron chi connectivity index (χ1n) is 14.7. The Morgan fingerprint density at radius 2 is 1.85 bits per heavy atom. The number of amides is 2. The lowest BCUT2D eigenvalue weighted by Gasteiger charge is -2.38. The molecule has 2 aromatic heterocycles. The smallest absolute Gasteiger partial charge is 0.337 e. The van der Waals surface area contributed by atoms with E-state index in [1.54, 1.807) is 0 Å². The second-order valence-electron chi connectivity index (χ2n) is 11.3. The summed E-state index contributed by atoms with van der Waals surface area (Å²) < 4.78 is 16.5. The fraction of sp³-hybridized carbons (Fsp3) is 0.281. The third kappa shape index (κ3) is 6.24. The van der Waals surface area contributed by atoms with Crippen LogP contribution in [0.3, 0.4) is 0 Å². The summed E-state index contributed by atoms with van der Waals surface area (Å²) in [6.07, 6.45) is 7.46. The van der Waals surface area contributed by atoms with E-state index in [9.17, 15) is 19.5 Å². The van der Waals surface area contributed by atoms with Crippen LogP contribution in [-0.4, -0.2) is 84.6 Å². The van der Waals surface area contributed by atoms with Crippen LogP contribution in [-0.2, 0) is 16.0 Å². The van der Waals surface area contributed by atoms with Crippen molar-refractivity contribution in [2.75, 3.05) is 32.0 Å². The molecule has 1 fully saturated rings. The maximum Gasteiger partial charge on any atom is 0.337 e. The molecular formula is C32H30ClFN8O4. The average molecular weight is 645 g/mol. The number of fused-ring (bicyclic) bond motifs is 1. The van der Waals surface area contributed by atoms with Gasteiger partial charge in [-0.05, 0) is 103 Å². The minimum Gasteiger partial charge on any atom is -0.478 e. The standard InChI is InChI=1S/C32H30ClFN8O4/c1-40-14-11-19(12-15-40)21-3-2-4-23-22(21)13-16-41(30(23)31(44)37-27-9-5-20(17-35-27)32(45)46)28(43)10-6-24-26(42-18-36-38-39-42)8-7-25(33)29(24)34/h2-10,17-19,30H,11-16H2,1H3,(H,45,46)(H,35,37,44)/b10-6+/t30-/m1/s1.